The monoisotopic (exact) mass is 217 g/mol. The van der Waals surface area contributed by atoms with Crippen molar-refractivity contribution in [2.24, 2.45) is 0 Å². The van der Waals surface area contributed by atoms with Gasteiger partial charge in [-0.25, -0.2) is 0 Å². The first-order chi connectivity index (χ1) is 7.65. The summed E-state index contributed by atoms with van der Waals surface area (Å²) in [6.45, 7) is 1.84. The van der Waals surface area contributed by atoms with E-state index in [1.807, 2.05) is 6.92 Å². The maximum atomic E-state index is 11.7. The van der Waals surface area contributed by atoms with E-state index in [9.17, 15) is 9.90 Å². The number of hydrogen-bond donors (Lipinski definition) is 3. The number of phenolic OH excluding ortho intramolecular Hbond substituents is 1. The van der Waals surface area contributed by atoms with Crippen molar-refractivity contribution in [1.82, 2.24) is 10.2 Å². The average Bonchev–Trinajstić information content (AvgIpc) is 2.64. The number of anilines is 1. The number of nitrogens with one attached hydrogen (secondary N) is 2. The number of hydrogen-bond acceptors (Lipinski definition) is 3. The van der Waals surface area contributed by atoms with E-state index in [2.05, 4.69) is 15.5 Å². The molecule has 0 aliphatic heterocycles. The van der Waals surface area contributed by atoms with Gasteiger partial charge >= 0.3 is 0 Å². The molecule has 0 unspecified atom stereocenters. The highest BCUT2D eigenvalue weighted by atomic mass is 16.3. The van der Waals surface area contributed by atoms with Gasteiger partial charge in [-0.15, -0.1) is 0 Å². The zero-order valence-corrected chi connectivity index (χ0v) is 8.69. The quantitative estimate of drug-likeness (QED) is 0.716. The SMILES string of the molecule is Cc1cc(NC(=O)c2cccc(O)c2)n[nH]1. The first kappa shape index (κ1) is 10.2. The lowest BCUT2D eigenvalue weighted by Gasteiger charge is -2.01. The Labute approximate surface area is 92.1 Å². The van der Waals surface area contributed by atoms with Gasteiger partial charge < -0.3 is 10.4 Å². The summed E-state index contributed by atoms with van der Waals surface area (Å²) in [5, 5.41) is 18.5. The Balaban J connectivity index is 2.14. The Morgan fingerprint density at radius 3 is 2.88 bits per heavy atom. The third-order valence-corrected chi connectivity index (χ3v) is 2.06. The van der Waals surface area contributed by atoms with Gasteiger partial charge in [-0.2, -0.15) is 5.10 Å². The van der Waals surface area contributed by atoms with Crippen LogP contribution in [0.1, 0.15) is 16.1 Å². The van der Waals surface area contributed by atoms with Crippen molar-refractivity contribution in [3.05, 3.63) is 41.6 Å². The molecule has 16 heavy (non-hydrogen) atoms. The predicted molar refractivity (Wildman–Crippen MR) is 59.4 cm³/mol. The average molecular weight is 217 g/mol. The Bertz CT molecular complexity index is 519. The number of nitrogens with zero attached hydrogens (tertiary/aromatic N) is 1. The van der Waals surface area contributed by atoms with Crippen LogP contribution in [0.2, 0.25) is 0 Å². The van der Waals surface area contributed by atoms with Crippen LogP contribution in [0.5, 0.6) is 5.75 Å². The zero-order chi connectivity index (χ0) is 11.5. The van der Waals surface area contributed by atoms with Crippen molar-refractivity contribution < 1.29 is 9.90 Å². The number of aromatic hydroxyl groups is 1. The Morgan fingerprint density at radius 2 is 2.25 bits per heavy atom. The molecule has 1 heterocycles. The van der Waals surface area contributed by atoms with Crippen LogP contribution in [0.15, 0.2) is 30.3 Å². The summed E-state index contributed by atoms with van der Waals surface area (Å²) in [7, 11) is 0. The molecule has 3 N–H and O–H groups in total. The fourth-order valence-corrected chi connectivity index (χ4v) is 1.32. The van der Waals surface area contributed by atoms with Gasteiger partial charge in [-0.05, 0) is 25.1 Å². The summed E-state index contributed by atoms with van der Waals surface area (Å²) in [6, 6.07) is 7.86. The highest BCUT2D eigenvalue weighted by molar-refractivity contribution is 6.03. The molecule has 0 atom stereocenters. The summed E-state index contributed by atoms with van der Waals surface area (Å²) >= 11 is 0. The fraction of sp³-hybridized carbons (Fsp3) is 0.0909. The molecule has 2 rings (SSSR count). The van der Waals surface area contributed by atoms with Gasteiger partial charge in [-0.3, -0.25) is 9.89 Å². The molecule has 5 heteroatoms. The van der Waals surface area contributed by atoms with Gasteiger partial charge in [0.25, 0.3) is 5.91 Å². The van der Waals surface area contributed by atoms with E-state index in [-0.39, 0.29) is 11.7 Å². The molecule has 0 saturated heterocycles. The minimum Gasteiger partial charge on any atom is -0.508 e. The summed E-state index contributed by atoms with van der Waals surface area (Å²) in [6.07, 6.45) is 0. The van der Waals surface area contributed by atoms with Gasteiger partial charge in [0.2, 0.25) is 0 Å². The van der Waals surface area contributed by atoms with Crippen LogP contribution in [0.25, 0.3) is 0 Å². The zero-order valence-electron chi connectivity index (χ0n) is 8.69. The van der Waals surface area contributed by atoms with Crippen molar-refractivity contribution in [3.63, 3.8) is 0 Å². The molecule has 0 fully saturated rings. The van der Waals surface area contributed by atoms with E-state index in [0.717, 1.165) is 5.69 Å². The number of carbonyl (C=O) groups excluding carboxylic acids is 1. The molecule has 1 aromatic heterocycles. The summed E-state index contributed by atoms with van der Waals surface area (Å²) in [5.74, 6) is 0.221. The van der Waals surface area contributed by atoms with Crippen molar-refractivity contribution in [2.45, 2.75) is 6.92 Å². The molecule has 5 nitrogen and oxygen atoms in total. The van der Waals surface area contributed by atoms with E-state index in [4.69, 9.17) is 0 Å². The minimum atomic E-state index is -0.303. The second-order valence-corrected chi connectivity index (χ2v) is 3.44. The topological polar surface area (TPSA) is 78.0 Å². The second-order valence-electron chi connectivity index (χ2n) is 3.44. The standard InChI is InChI=1S/C11H11N3O2/c1-7-5-10(14-13-7)12-11(16)8-3-2-4-9(15)6-8/h2-6,15H,1H3,(H2,12,13,14,16). The highest BCUT2D eigenvalue weighted by Crippen LogP contribution is 2.12. The van der Waals surface area contributed by atoms with Crippen LogP contribution in [-0.4, -0.2) is 21.2 Å². The number of aromatic nitrogens is 2. The van der Waals surface area contributed by atoms with Crippen molar-refractivity contribution in [1.29, 1.82) is 0 Å². The van der Waals surface area contributed by atoms with Crippen molar-refractivity contribution >= 4 is 11.7 Å². The van der Waals surface area contributed by atoms with Crippen LogP contribution in [0.4, 0.5) is 5.82 Å². The van der Waals surface area contributed by atoms with Gasteiger partial charge in [0.15, 0.2) is 5.82 Å². The van der Waals surface area contributed by atoms with Crippen LogP contribution in [0.3, 0.4) is 0 Å². The number of phenols is 1. The predicted octanol–water partition coefficient (Wildman–Crippen LogP) is 1.68. The third-order valence-electron chi connectivity index (χ3n) is 2.06. The lowest BCUT2D eigenvalue weighted by molar-refractivity contribution is 0.102. The lowest BCUT2D eigenvalue weighted by atomic mass is 10.2. The number of aryl methyl sites for hydroxylation is 1. The second kappa shape index (κ2) is 4.06. The number of H-pyrrole nitrogens is 1. The molecule has 0 saturated carbocycles. The minimum absolute atomic E-state index is 0.0610. The van der Waals surface area contributed by atoms with Crippen LogP contribution < -0.4 is 5.32 Å². The van der Waals surface area contributed by atoms with Crippen LogP contribution in [0, 0.1) is 6.92 Å². The number of amides is 1. The van der Waals surface area contributed by atoms with Crippen LogP contribution in [-0.2, 0) is 0 Å². The molecular weight excluding hydrogens is 206 g/mol. The van der Waals surface area contributed by atoms with Crippen molar-refractivity contribution in [3.8, 4) is 5.75 Å². The molecule has 0 spiro atoms. The van der Waals surface area contributed by atoms with E-state index in [1.54, 1.807) is 18.2 Å². The highest BCUT2D eigenvalue weighted by Gasteiger charge is 2.07. The van der Waals surface area contributed by atoms with Gasteiger partial charge in [0.05, 0.1) is 0 Å². The molecule has 1 amide bonds. The number of aromatic amines is 1. The van der Waals surface area contributed by atoms with Crippen molar-refractivity contribution in [2.75, 3.05) is 5.32 Å². The summed E-state index contributed by atoms with van der Waals surface area (Å²) < 4.78 is 0. The van der Waals surface area contributed by atoms with E-state index >= 15 is 0 Å². The van der Waals surface area contributed by atoms with E-state index in [0.29, 0.717) is 11.4 Å². The number of benzene rings is 1. The molecule has 0 bridgehead atoms. The first-order valence-electron chi connectivity index (χ1n) is 4.77. The number of rotatable bonds is 2. The normalized spacial score (nSPS) is 10.1. The largest absolute Gasteiger partial charge is 0.508 e. The summed E-state index contributed by atoms with van der Waals surface area (Å²) in [5.41, 5.74) is 1.26. The van der Waals surface area contributed by atoms with E-state index < -0.39 is 0 Å². The number of carbonyl (C=O) groups is 1. The Morgan fingerprint density at radius 1 is 1.44 bits per heavy atom. The molecule has 82 valence electrons. The third kappa shape index (κ3) is 2.20. The first-order valence-corrected chi connectivity index (χ1v) is 4.77. The van der Waals surface area contributed by atoms with Gasteiger partial charge in [0.1, 0.15) is 5.75 Å². The molecule has 0 aliphatic rings. The van der Waals surface area contributed by atoms with Gasteiger partial charge in [-0.1, -0.05) is 6.07 Å². The Kier molecular flexibility index (Phi) is 2.59. The van der Waals surface area contributed by atoms with Gasteiger partial charge in [0, 0.05) is 17.3 Å². The molecule has 0 radical (unpaired) electrons. The smallest absolute Gasteiger partial charge is 0.256 e. The maximum absolute atomic E-state index is 11.7. The van der Waals surface area contributed by atoms with Crippen LogP contribution >= 0.6 is 0 Å². The molecule has 1 aromatic carbocycles. The fourth-order valence-electron chi connectivity index (χ4n) is 1.32. The summed E-state index contributed by atoms with van der Waals surface area (Å²) in [4.78, 5) is 11.7. The lowest BCUT2D eigenvalue weighted by Crippen LogP contribution is -2.11. The molecule has 0 aliphatic carbocycles. The molecule has 2 aromatic rings. The molecular formula is C11H11N3O2. The van der Waals surface area contributed by atoms with E-state index in [1.165, 1.54) is 12.1 Å². The Hall–Kier alpha value is -2.30. The maximum Gasteiger partial charge on any atom is 0.256 e.